The molecule has 1 aliphatic heterocycles. The summed E-state index contributed by atoms with van der Waals surface area (Å²) < 4.78 is 16.5. The molecule has 0 aromatic carbocycles. The van der Waals surface area contributed by atoms with E-state index in [4.69, 9.17) is 19.3 Å². The summed E-state index contributed by atoms with van der Waals surface area (Å²) in [5, 5.41) is 0. The van der Waals surface area contributed by atoms with Crippen LogP contribution in [0.1, 0.15) is 96.8 Å². The van der Waals surface area contributed by atoms with Crippen molar-refractivity contribution in [2.45, 2.75) is 96.8 Å². The van der Waals surface area contributed by atoms with Crippen molar-refractivity contribution in [3.8, 4) is 0 Å². The van der Waals surface area contributed by atoms with Crippen LogP contribution in [0.25, 0.3) is 0 Å². The summed E-state index contributed by atoms with van der Waals surface area (Å²) in [7, 11) is -1.31. The number of hydrogen-bond acceptors (Lipinski definition) is 5. The highest BCUT2D eigenvalue weighted by Crippen LogP contribution is 2.39. The number of nitrogens with two attached hydrogens (primary N) is 1. The van der Waals surface area contributed by atoms with Gasteiger partial charge in [0.2, 0.25) is 5.91 Å². The van der Waals surface area contributed by atoms with Gasteiger partial charge >= 0.3 is 8.60 Å². The molecule has 2 N–H and O–H groups in total. The van der Waals surface area contributed by atoms with Crippen LogP contribution in [0.15, 0.2) is 0 Å². The van der Waals surface area contributed by atoms with E-state index in [1.165, 1.54) is 70.6 Å². The second kappa shape index (κ2) is 19.7. The van der Waals surface area contributed by atoms with Gasteiger partial charge in [-0.3, -0.25) is 4.79 Å². The van der Waals surface area contributed by atoms with E-state index in [1.807, 2.05) is 4.90 Å². The molecule has 0 aromatic rings. The summed E-state index contributed by atoms with van der Waals surface area (Å²) in [6.45, 7) is 5.31. The first-order valence-corrected chi connectivity index (χ1v) is 13.0. The quantitative estimate of drug-likeness (QED) is 0.241. The van der Waals surface area contributed by atoms with E-state index in [0.717, 1.165) is 12.8 Å². The van der Waals surface area contributed by atoms with Gasteiger partial charge < -0.3 is 24.2 Å². The van der Waals surface area contributed by atoms with Gasteiger partial charge in [0.15, 0.2) is 0 Å². The molecule has 0 aromatic heterocycles. The summed E-state index contributed by atoms with van der Waals surface area (Å²) in [4.78, 5) is 14.2. The SMILES string of the molecule is CCCCCCCCCCCCCCCC(=O)N1CCOP(OCCN)OCC1. The van der Waals surface area contributed by atoms with Crippen LogP contribution in [0.2, 0.25) is 0 Å². The number of rotatable bonds is 17. The summed E-state index contributed by atoms with van der Waals surface area (Å²) in [6.07, 6.45) is 17.8. The fourth-order valence-electron chi connectivity index (χ4n) is 3.50. The van der Waals surface area contributed by atoms with E-state index in [-0.39, 0.29) is 5.91 Å². The molecular weight excluding hydrogens is 387 g/mol. The third-order valence-corrected chi connectivity index (χ3v) is 6.46. The molecule has 1 fully saturated rings. The van der Waals surface area contributed by atoms with E-state index < -0.39 is 8.60 Å². The molecule has 1 heterocycles. The number of nitrogens with zero attached hydrogens (tertiary/aromatic N) is 1. The Morgan fingerprint density at radius 3 is 1.83 bits per heavy atom. The molecule has 29 heavy (non-hydrogen) atoms. The largest absolute Gasteiger partial charge is 0.338 e. The van der Waals surface area contributed by atoms with Gasteiger partial charge in [0.25, 0.3) is 0 Å². The highest BCUT2D eigenvalue weighted by Gasteiger charge is 2.20. The number of hydrogen-bond donors (Lipinski definition) is 1. The molecule has 7 heteroatoms. The first-order valence-electron chi connectivity index (χ1n) is 11.9. The lowest BCUT2D eigenvalue weighted by atomic mass is 10.0. The topological polar surface area (TPSA) is 74.0 Å². The number of carbonyl (C=O) groups is 1. The molecule has 0 aliphatic carbocycles. The fraction of sp³-hybridized carbons (Fsp3) is 0.955. The van der Waals surface area contributed by atoms with E-state index in [0.29, 0.717) is 45.9 Å². The first-order chi connectivity index (χ1) is 14.3. The lowest BCUT2D eigenvalue weighted by Crippen LogP contribution is -2.37. The molecule has 172 valence electrons. The molecule has 1 amide bonds. The van der Waals surface area contributed by atoms with Gasteiger partial charge in [-0.05, 0) is 6.42 Å². The van der Waals surface area contributed by atoms with Gasteiger partial charge in [-0.2, -0.15) is 0 Å². The van der Waals surface area contributed by atoms with Crippen molar-refractivity contribution < 1.29 is 18.4 Å². The molecular formula is C22H45N2O4P. The Hall–Kier alpha value is -0.260. The lowest BCUT2D eigenvalue weighted by molar-refractivity contribution is -0.132. The Balaban J connectivity index is 1.92. The van der Waals surface area contributed by atoms with Crippen LogP contribution in [-0.2, 0) is 18.4 Å². The Bertz CT molecular complexity index is 378. The third kappa shape index (κ3) is 15.2. The van der Waals surface area contributed by atoms with Crippen LogP contribution >= 0.6 is 8.60 Å². The van der Waals surface area contributed by atoms with Gasteiger partial charge in [-0.25, -0.2) is 0 Å². The summed E-state index contributed by atoms with van der Waals surface area (Å²) in [5.41, 5.74) is 5.42. The molecule has 1 saturated heterocycles. The Labute approximate surface area is 180 Å². The van der Waals surface area contributed by atoms with Gasteiger partial charge in [0.1, 0.15) is 0 Å². The van der Waals surface area contributed by atoms with Crippen LogP contribution in [0, 0.1) is 0 Å². The zero-order valence-electron chi connectivity index (χ0n) is 18.7. The second-order valence-corrected chi connectivity index (χ2v) is 9.11. The average molecular weight is 433 g/mol. The maximum absolute atomic E-state index is 12.4. The first kappa shape index (κ1) is 26.8. The van der Waals surface area contributed by atoms with Gasteiger partial charge in [-0.15, -0.1) is 0 Å². The number of unbranched alkanes of at least 4 members (excludes halogenated alkanes) is 12. The fourth-order valence-corrected chi connectivity index (χ4v) is 4.44. The van der Waals surface area contributed by atoms with Crippen molar-refractivity contribution in [1.82, 2.24) is 4.90 Å². The molecule has 6 nitrogen and oxygen atoms in total. The van der Waals surface area contributed by atoms with Crippen molar-refractivity contribution in [3.63, 3.8) is 0 Å². The van der Waals surface area contributed by atoms with E-state index in [2.05, 4.69) is 6.92 Å². The molecule has 1 aliphatic rings. The van der Waals surface area contributed by atoms with Crippen LogP contribution in [0.5, 0.6) is 0 Å². The van der Waals surface area contributed by atoms with Crippen molar-refractivity contribution in [1.29, 1.82) is 0 Å². The zero-order valence-corrected chi connectivity index (χ0v) is 19.6. The Morgan fingerprint density at radius 1 is 0.862 bits per heavy atom. The molecule has 0 atom stereocenters. The summed E-state index contributed by atoms with van der Waals surface area (Å²) >= 11 is 0. The minimum atomic E-state index is -1.31. The Kier molecular flexibility index (Phi) is 18.2. The van der Waals surface area contributed by atoms with Crippen molar-refractivity contribution in [3.05, 3.63) is 0 Å². The average Bonchev–Trinajstić information content (AvgIpc) is 2.70. The van der Waals surface area contributed by atoms with Gasteiger partial charge in [-0.1, -0.05) is 84.0 Å². The molecule has 0 spiro atoms. The highest BCUT2D eigenvalue weighted by molar-refractivity contribution is 7.41. The molecule has 0 saturated carbocycles. The normalized spacial score (nSPS) is 16.0. The van der Waals surface area contributed by atoms with E-state index >= 15 is 0 Å². The maximum Gasteiger partial charge on any atom is 0.332 e. The molecule has 1 rings (SSSR count). The van der Waals surface area contributed by atoms with Gasteiger partial charge in [0, 0.05) is 26.1 Å². The summed E-state index contributed by atoms with van der Waals surface area (Å²) in [5.74, 6) is 0.217. The lowest BCUT2D eigenvalue weighted by Gasteiger charge is -2.27. The van der Waals surface area contributed by atoms with E-state index in [1.54, 1.807) is 0 Å². The zero-order chi connectivity index (χ0) is 21.0. The highest BCUT2D eigenvalue weighted by atomic mass is 31.2. The minimum Gasteiger partial charge on any atom is -0.338 e. The van der Waals surface area contributed by atoms with Gasteiger partial charge in [0.05, 0.1) is 19.8 Å². The van der Waals surface area contributed by atoms with Crippen LogP contribution in [0.4, 0.5) is 0 Å². The van der Waals surface area contributed by atoms with Crippen molar-refractivity contribution in [2.75, 3.05) is 39.5 Å². The number of carbonyl (C=O) groups excluding carboxylic acids is 1. The van der Waals surface area contributed by atoms with E-state index in [9.17, 15) is 4.79 Å². The van der Waals surface area contributed by atoms with Crippen molar-refractivity contribution >= 4 is 14.5 Å². The molecule has 0 bridgehead atoms. The standard InChI is InChI=1S/C22H45N2O4P/c1-2-3-4-5-6-7-8-9-10-11-12-13-14-15-22(25)24-17-20-27-29(26-19-16-23)28-21-18-24/h2-21,23H2,1H3. The predicted molar refractivity (Wildman–Crippen MR) is 121 cm³/mol. The Morgan fingerprint density at radius 2 is 1.34 bits per heavy atom. The number of amides is 1. The maximum atomic E-state index is 12.4. The minimum absolute atomic E-state index is 0.217. The van der Waals surface area contributed by atoms with Crippen LogP contribution in [0.3, 0.4) is 0 Å². The summed E-state index contributed by atoms with van der Waals surface area (Å²) in [6, 6.07) is 0. The van der Waals surface area contributed by atoms with Crippen LogP contribution < -0.4 is 5.73 Å². The monoisotopic (exact) mass is 432 g/mol. The smallest absolute Gasteiger partial charge is 0.332 e. The third-order valence-electron chi connectivity index (χ3n) is 5.28. The van der Waals surface area contributed by atoms with Crippen molar-refractivity contribution in [2.24, 2.45) is 5.73 Å². The molecule has 0 radical (unpaired) electrons. The molecule has 0 unspecified atom stereocenters. The predicted octanol–water partition coefficient (Wildman–Crippen LogP) is 5.55. The second-order valence-electron chi connectivity index (χ2n) is 7.89. The van der Waals surface area contributed by atoms with Crippen LogP contribution in [-0.4, -0.2) is 50.3 Å².